The summed E-state index contributed by atoms with van der Waals surface area (Å²) in [7, 11) is 0. The Morgan fingerprint density at radius 3 is 2.50 bits per heavy atom. The second-order valence-corrected chi connectivity index (χ2v) is 2.10. The smallest absolute Gasteiger partial charge is 0.0464 e. The van der Waals surface area contributed by atoms with E-state index in [0.717, 1.165) is 6.42 Å². The van der Waals surface area contributed by atoms with Crippen LogP contribution in [0.15, 0.2) is 30.3 Å². The number of benzene rings is 1. The van der Waals surface area contributed by atoms with E-state index < -0.39 is 0 Å². The maximum Gasteiger partial charge on any atom is 0.0464 e. The molecule has 0 spiro atoms. The Bertz CT molecular complexity index is 174. The molecule has 0 saturated carbocycles. The molecule has 0 aliphatic carbocycles. The first-order valence-corrected chi connectivity index (χ1v) is 3.28. The van der Waals surface area contributed by atoms with Crippen molar-refractivity contribution in [2.75, 3.05) is 6.54 Å². The average Bonchev–Trinajstić information content (AvgIpc) is 2.03. The van der Waals surface area contributed by atoms with E-state index in [9.17, 15) is 0 Å². The van der Waals surface area contributed by atoms with Gasteiger partial charge in [0.1, 0.15) is 0 Å². The molecule has 0 bridgehead atoms. The summed E-state index contributed by atoms with van der Waals surface area (Å²) in [6.07, 6.45) is 0.817. The lowest BCUT2D eigenvalue weighted by atomic mass is 10.2. The summed E-state index contributed by atoms with van der Waals surface area (Å²) in [6, 6.07) is 9.97. The highest BCUT2D eigenvalue weighted by atomic mass is 16.5. The first kappa shape index (κ1) is 7.25. The van der Waals surface area contributed by atoms with Gasteiger partial charge in [0, 0.05) is 6.54 Å². The van der Waals surface area contributed by atoms with Gasteiger partial charge in [0.25, 0.3) is 0 Å². The fraction of sp³-hybridized carbons (Fsp3) is 0.250. The molecule has 0 aromatic heterocycles. The van der Waals surface area contributed by atoms with Crippen LogP contribution in [0.25, 0.3) is 0 Å². The van der Waals surface area contributed by atoms with Crippen LogP contribution in [0.3, 0.4) is 0 Å². The van der Waals surface area contributed by atoms with E-state index >= 15 is 0 Å². The highest BCUT2D eigenvalue weighted by molar-refractivity contribution is 5.14. The molecule has 1 aromatic carbocycles. The predicted molar refractivity (Wildman–Crippen MR) is 38.9 cm³/mol. The molecule has 53 valence electrons. The molecule has 0 heterocycles. The minimum absolute atomic E-state index is 0.490. The lowest BCUT2D eigenvalue weighted by Crippen LogP contribution is -2.03. The van der Waals surface area contributed by atoms with Crippen LogP contribution in [0.1, 0.15) is 5.56 Å². The van der Waals surface area contributed by atoms with Crippen LogP contribution >= 0.6 is 0 Å². The van der Waals surface area contributed by atoms with Gasteiger partial charge in [0.15, 0.2) is 0 Å². The normalized spacial score (nSPS) is 9.70. The number of rotatable bonds is 3. The van der Waals surface area contributed by atoms with Gasteiger partial charge >= 0.3 is 0 Å². The van der Waals surface area contributed by atoms with Crippen molar-refractivity contribution in [2.24, 2.45) is 0 Å². The lowest BCUT2D eigenvalue weighted by molar-refractivity contribution is 0.157. The fourth-order valence-corrected chi connectivity index (χ4v) is 0.824. The summed E-state index contributed by atoms with van der Waals surface area (Å²) in [6.45, 7) is 0.490. The Hall–Kier alpha value is -0.860. The van der Waals surface area contributed by atoms with Gasteiger partial charge in [-0.2, -0.15) is 0 Å². The summed E-state index contributed by atoms with van der Waals surface area (Å²) in [5.41, 5.74) is 4.24. The zero-order valence-electron chi connectivity index (χ0n) is 5.70. The number of nitrogens with zero attached hydrogens (tertiary/aromatic N) is 1. The summed E-state index contributed by atoms with van der Waals surface area (Å²) in [4.78, 5) is 0. The molecule has 1 radical (unpaired) electrons. The molecule has 2 nitrogen and oxygen atoms in total. The zero-order chi connectivity index (χ0) is 7.23. The molecule has 0 saturated heterocycles. The van der Waals surface area contributed by atoms with Crippen LogP contribution in [0.4, 0.5) is 0 Å². The number of hydroxylamine groups is 1. The Morgan fingerprint density at radius 1 is 1.20 bits per heavy atom. The van der Waals surface area contributed by atoms with Crippen LogP contribution in [-0.4, -0.2) is 11.8 Å². The molecular formula is C8H10NO. The van der Waals surface area contributed by atoms with Crippen molar-refractivity contribution >= 4 is 0 Å². The third-order valence-corrected chi connectivity index (χ3v) is 1.34. The third-order valence-electron chi connectivity index (χ3n) is 1.34. The van der Waals surface area contributed by atoms with Crippen molar-refractivity contribution in [1.82, 2.24) is 5.48 Å². The fourth-order valence-electron chi connectivity index (χ4n) is 0.824. The summed E-state index contributed by atoms with van der Waals surface area (Å²) >= 11 is 0. The molecular weight excluding hydrogens is 126 g/mol. The second kappa shape index (κ2) is 4.04. The molecule has 10 heavy (non-hydrogen) atoms. The van der Waals surface area contributed by atoms with Crippen molar-refractivity contribution in [2.45, 2.75) is 6.42 Å². The quantitative estimate of drug-likeness (QED) is 0.623. The predicted octanol–water partition coefficient (Wildman–Crippen LogP) is 1.22. The molecule has 1 N–H and O–H groups in total. The molecule has 2 heteroatoms. The maximum atomic E-state index is 8.15. The van der Waals surface area contributed by atoms with E-state index in [1.807, 2.05) is 30.3 Å². The SMILES string of the molecule is O[N]CCc1ccccc1. The molecule has 0 unspecified atom stereocenters. The summed E-state index contributed by atoms with van der Waals surface area (Å²) in [5, 5.41) is 8.15. The van der Waals surface area contributed by atoms with Crippen LogP contribution < -0.4 is 5.48 Å². The van der Waals surface area contributed by atoms with Gasteiger partial charge < -0.3 is 0 Å². The van der Waals surface area contributed by atoms with Gasteiger partial charge in [-0.15, -0.1) is 5.48 Å². The van der Waals surface area contributed by atoms with Gasteiger partial charge in [-0.05, 0) is 12.0 Å². The lowest BCUT2D eigenvalue weighted by Gasteiger charge is -1.95. The molecule has 1 rings (SSSR count). The van der Waals surface area contributed by atoms with Gasteiger partial charge in [0.05, 0.1) is 0 Å². The first-order chi connectivity index (χ1) is 4.93. The van der Waals surface area contributed by atoms with Crippen molar-refractivity contribution in [1.29, 1.82) is 0 Å². The van der Waals surface area contributed by atoms with Crippen molar-refractivity contribution < 1.29 is 5.21 Å². The first-order valence-electron chi connectivity index (χ1n) is 3.28. The van der Waals surface area contributed by atoms with E-state index in [1.165, 1.54) is 5.56 Å². The van der Waals surface area contributed by atoms with E-state index in [-0.39, 0.29) is 0 Å². The second-order valence-electron chi connectivity index (χ2n) is 2.10. The maximum absolute atomic E-state index is 8.15. The van der Waals surface area contributed by atoms with E-state index in [4.69, 9.17) is 5.21 Å². The van der Waals surface area contributed by atoms with Crippen LogP contribution in [0.2, 0.25) is 0 Å². The number of hydrogen-bond donors (Lipinski definition) is 1. The van der Waals surface area contributed by atoms with Gasteiger partial charge in [-0.25, -0.2) is 0 Å². The highest BCUT2D eigenvalue weighted by Crippen LogP contribution is 1.97. The Morgan fingerprint density at radius 2 is 1.90 bits per heavy atom. The van der Waals surface area contributed by atoms with Gasteiger partial charge in [-0.1, -0.05) is 30.3 Å². The largest absolute Gasteiger partial charge is 0.297 e. The molecule has 0 atom stereocenters. The molecule has 0 aliphatic rings. The summed E-state index contributed by atoms with van der Waals surface area (Å²) < 4.78 is 0. The van der Waals surface area contributed by atoms with Crippen molar-refractivity contribution in [3.63, 3.8) is 0 Å². The molecule has 0 amide bonds. The standard InChI is InChI=1S/C8H10NO/c10-9-7-6-8-4-2-1-3-5-8/h1-5,10H,6-7H2. The van der Waals surface area contributed by atoms with Gasteiger partial charge in [0.2, 0.25) is 0 Å². The van der Waals surface area contributed by atoms with Crippen LogP contribution in [-0.2, 0) is 6.42 Å². The van der Waals surface area contributed by atoms with Crippen LogP contribution in [0, 0.1) is 0 Å². The number of hydrogen-bond acceptors (Lipinski definition) is 1. The minimum Gasteiger partial charge on any atom is -0.297 e. The van der Waals surface area contributed by atoms with E-state index in [1.54, 1.807) is 0 Å². The van der Waals surface area contributed by atoms with Crippen molar-refractivity contribution in [3.05, 3.63) is 35.9 Å². The molecule has 0 fully saturated rings. The van der Waals surface area contributed by atoms with E-state index in [2.05, 4.69) is 5.48 Å². The van der Waals surface area contributed by atoms with E-state index in [0.29, 0.717) is 6.54 Å². The highest BCUT2D eigenvalue weighted by Gasteiger charge is 1.88. The zero-order valence-corrected chi connectivity index (χ0v) is 5.70. The monoisotopic (exact) mass is 136 g/mol. The Labute approximate surface area is 60.5 Å². The Balaban J connectivity index is 2.43. The summed E-state index contributed by atoms with van der Waals surface area (Å²) in [5.74, 6) is 0. The topological polar surface area (TPSA) is 34.3 Å². The third kappa shape index (κ3) is 2.17. The minimum atomic E-state index is 0.490. The van der Waals surface area contributed by atoms with Crippen LogP contribution in [0.5, 0.6) is 0 Å². The Kier molecular flexibility index (Phi) is 2.93. The van der Waals surface area contributed by atoms with Crippen molar-refractivity contribution in [3.8, 4) is 0 Å². The van der Waals surface area contributed by atoms with Gasteiger partial charge in [-0.3, -0.25) is 5.21 Å². The molecule has 1 aromatic rings. The average molecular weight is 136 g/mol. The molecule has 0 aliphatic heterocycles.